The van der Waals surface area contributed by atoms with Crippen molar-refractivity contribution < 1.29 is 14.0 Å². The molecule has 0 aromatic heterocycles. The van der Waals surface area contributed by atoms with E-state index in [1.165, 1.54) is 23.1 Å². The Morgan fingerprint density at radius 1 is 1.19 bits per heavy atom. The second kappa shape index (κ2) is 8.75. The maximum atomic E-state index is 13.2. The molecule has 2 aromatic rings. The highest BCUT2D eigenvalue weighted by Gasteiger charge is 2.33. The van der Waals surface area contributed by atoms with Crippen LogP contribution in [0.15, 0.2) is 71.7 Å². The predicted octanol–water partition coefficient (Wildman–Crippen LogP) is 4.22. The largest absolute Gasteiger partial charge is 0.324 e. The summed E-state index contributed by atoms with van der Waals surface area (Å²) in [4.78, 5) is 26.3. The summed E-state index contributed by atoms with van der Waals surface area (Å²) in [6.07, 6.45) is 5.33. The molecule has 1 aliphatic heterocycles. The number of carbonyl (C=O) groups excluding carboxylic acids is 2. The smallest absolute Gasteiger partial charge is 0.266 e. The quantitative estimate of drug-likeness (QED) is 0.605. The Morgan fingerprint density at radius 3 is 2.70 bits per heavy atom. The Kier molecular flexibility index (Phi) is 6.16. The van der Waals surface area contributed by atoms with Crippen LogP contribution in [-0.2, 0) is 9.59 Å². The summed E-state index contributed by atoms with van der Waals surface area (Å²) in [6.45, 7) is -0.221. The Morgan fingerprint density at radius 2 is 1.96 bits per heavy atom. The van der Waals surface area contributed by atoms with Gasteiger partial charge >= 0.3 is 0 Å². The fourth-order valence-corrected chi connectivity index (χ4v) is 3.58. The molecule has 1 aliphatic rings. The molecule has 7 heteroatoms. The molecule has 27 heavy (non-hydrogen) atoms. The van der Waals surface area contributed by atoms with E-state index in [0.29, 0.717) is 14.9 Å². The van der Waals surface area contributed by atoms with Crippen molar-refractivity contribution in [1.29, 1.82) is 0 Å². The van der Waals surface area contributed by atoms with E-state index in [2.05, 4.69) is 5.32 Å². The molecular weight excluding hydrogens is 383 g/mol. The minimum atomic E-state index is -0.452. The molecule has 2 aromatic carbocycles. The Hall–Kier alpha value is -2.77. The van der Waals surface area contributed by atoms with Crippen LogP contribution in [0, 0.1) is 5.82 Å². The van der Waals surface area contributed by atoms with Crippen LogP contribution < -0.4 is 5.32 Å². The summed E-state index contributed by atoms with van der Waals surface area (Å²) in [7, 11) is 0. The van der Waals surface area contributed by atoms with E-state index in [9.17, 15) is 14.0 Å². The number of hydrogen-bond acceptors (Lipinski definition) is 4. The first-order valence-electron chi connectivity index (χ1n) is 8.05. The molecule has 1 heterocycles. The van der Waals surface area contributed by atoms with Gasteiger partial charge in [0.05, 0.1) is 4.91 Å². The fraction of sp³-hybridized carbons (Fsp3) is 0.0500. The molecule has 2 amide bonds. The van der Waals surface area contributed by atoms with Crippen LogP contribution in [0.2, 0.25) is 0 Å². The zero-order chi connectivity index (χ0) is 19.2. The third-order valence-electron chi connectivity index (χ3n) is 3.62. The maximum Gasteiger partial charge on any atom is 0.266 e. The van der Waals surface area contributed by atoms with E-state index >= 15 is 0 Å². The number of nitrogens with zero attached hydrogens (tertiary/aromatic N) is 1. The Bertz CT molecular complexity index is 942. The number of benzene rings is 2. The number of thiocarbonyl (C=S) groups is 1. The van der Waals surface area contributed by atoms with Gasteiger partial charge in [0.15, 0.2) is 0 Å². The average molecular weight is 398 g/mol. The molecule has 1 fully saturated rings. The van der Waals surface area contributed by atoms with Crippen LogP contribution in [-0.4, -0.2) is 27.6 Å². The molecule has 1 saturated heterocycles. The van der Waals surface area contributed by atoms with Crippen molar-refractivity contribution in [3.63, 3.8) is 0 Å². The lowest BCUT2D eigenvalue weighted by Crippen LogP contribution is -2.36. The summed E-state index contributed by atoms with van der Waals surface area (Å²) in [5.74, 6) is -1.22. The zero-order valence-corrected chi connectivity index (χ0v) is 15.7. The first-order chi connectivity index (χ1) is 13.0. The van der Waals surface area contributed by atoms with Crippen LogP contribution >= 0.6 is 24.0 Å². The number of halogens is 1. The predicted molar refractivity (Wildman–Crippen MR) is 110 cm³/mol. The lowest BCUT2D eigenvalue weighted by Gasteiger charge is -2.14. The van der Waals surface area contributed by atoms with Gasteiger partial charge in [-0.2, -0.15) is 0 Å². The van der Waals surface area contributed by atoms with E-state index in [0.717, 1.165) is 17.3 Å². The van der Waals surface area contributed by atoms with Gasteiger partial charge in [-0.05, 0) is 29.8 Å². The number of rotatable bonds is 5. The molecule has 3 rings (SSSR count). The number of nitrogens with one attached hydrogen (secondary N) is 1. The Labute approximate surface area is 165 Å². The number of anilines is 1. The molecule has 0 atom stereocenters. The van der Waals surface area contributed by atoms with Gasteiger partial charge in [-0.1, -0.05) is 72.5 Å². The summed E-state index contributed by atoms with van der Waals surface area (Å²) in [6, 6.07) is 15.2. The van der Waals surface area contributed by atoms with Crippen LogP contribution in [0.5, 0.6) is 0 Å². The minimum Gasteiger partial charge on any atom is -0.324 e. The monoisotopic (exact) mass is 398 g/mol. The number of carbonyl (C=O) groups is 2. The normalized spacial score (nSPS) is 15.7. The van der Waals surface area contributed by atoms with E-state index in [4.69, 9.17) is 12.2 Å². The van der Waals surface area contributed by atoms with Gasteiger partial charge in [0.2, 0.25) is 5.91 Å². The summed E-state index contributed by atoms with van der Waals surface area (Å²) in [5, 5.41) is 2.56. The molecule has 0 saturated carbocycles. The average Bonchev–Trinajstić information content (AvgIpc) is 2.90. The third kappa shape index (κ3) is 5.12. The zero-order valence-electron chi connectivity index (χ0n) is 14.1. The van der Waals surface area contributed by atoms with Gasteiger partial charge in [0.1, 0.15) is 16.7 Å². The summed E-state index contributed by atoms with van der Waals surface area (Å²) < 4.78 is 13.5. The van der Waals surface area contributed by atoms with Gasteiger partial charge in [-0.3, -0.25) is 14.5 Å². The van der Waals surface area contributed by atoms with Gasteiger partial charge in [0, 0.05) is 5.69 Å². The first-order valence-corrected chi connectivity index (χ1v) is 9.28. The third-order valence-corrected chi connectivity index (χ3v) is 5.02. The molecule has 0 aliphatic carbocycles. The van der Waals surface area contributed by atoms with Crippen LogP contribution in [0.25, 0.3) is 6.08 Å². The van der Waals surface area contributed by atoms with Crippen molar-refractivity contribution in [2.45, 2.75) is 0 Å². The molecule has 0 radical (unpaired) electrons. The van der Waals surface area contributed by atoms with E-state index in [1.54, 1.807) is 18.2 Å². The highest BCUT2D eigenvalue weighted by atomic mass is 32.2. The highest BCUT2D eigenvalue weighted by molar-refractivity contribution is 8.26. The van der Waals surface area contributed by atoms with E-state index in [-0.39, 0.29) is 12.5 Å². The second-order valence-electron chi connectivity index (χ2n) is 5.62. The van der Waals surface area contributed by atoms with Crippen molar-refractivity contribution >= 4 is 51.9 Å². The van der Waals surface area contributed by atoms with Crippen LogP contribution in [0.4, 0.5) is 10.1 Å². The number of hydrogen-bond donors (Lipinski definition) is 1. The first kappa shape index (κ1) is 19.0. The number of allylic oxidation sites excluding steroid dienone is 2. The fourth-order valence-electron chi connectivity index (χ4n) is 2.37. The molecule has 0 spiro atoms. The summed E-state index contributed by atoms with van der Waals surface area (Å²) >= 11 is 6.35. The summed E-state index contributed by atoms with van der Waals surface area (Å²) in [5.41, 5.74) is 1.34. The second-order valence-corrected chi connectivity index (χ2v) is 7.29. The highest BCUT2D eigenvalue weighted by Crippen LogP contribution is 2.30. The standard InChI is InChI=1S/C20H15FN2O2S2/c21-15-9-5-10-16(12-15)22-18(24)13-23-19(25)17(27-20(23)26)11-4-8-14-6-2-1-3-7-14/h1-12H,13H2,(H,22,24)/b8-4+,17-11+. The van der Waals surface area contributed by atoms with E-state index < -0.39 is 11.7 Å². The van der Waals surface area contributed by atoms with Crippen molar-refractivity contribution in [2.75, 3.05) is 11.9 Å². The Balaban J connectivity index is 1.62. The van der Waals surface area contributed by atoms with Crippen LogP contribution in [0.1, 0.15) is 5.56 Å². The molecule has 136 valence electrons. The lowest BCUT2D eigenvalue weighted by molar-refractivity contribution is -0.126. The maximum absolute atomic E-state index is 13.2. The number of amides is 2. The van der Waals surface area contributed by atoms with Crippen molar-refractivity contribution in [2.24, 2.45) is 0 Å². The van der Waals surface area contributed by atoms with Crippen molar-refractivity contribution in [3.8, 4) is 0 Å². The van der Waals surface area contributed by atoms with E-state index in [1.807, 2.05) is 36.4 Å². The van der Waals surface area contributed by atoms with Gasteiger partial charge < -0.3 is 5.32 Å². The van der Waals surface area contributed by atoms with Gasteiger partial charge in [-0.15, -0.1) is 0 Å². The molecule has 0 bridgehead atoms. The molecule has 1 N–H and O–H groups in total. The van der Waals surface area contributed by atoms with Crippen molar-refractivity contribution in [3.05, 3.63) is 83.0 Å². The molecule has 4 nitrogen and oxygen atoms in total. The SMILES string of the molecule is O=C(CN1C(=O)/C(=C\C=C\c2ccccc2)SC1=S)Nc1cccc(F)c1. The van der Waals surface area contributed by atoms with Gasteiger partial charge in [0.25, 0.3) is 5.91 Å². The lowest BCUT2D eigenvalue weighted by atomic mass is 10.2. The van der Waals surface area contributed by atoms with Crippen molar-refractivity contribution in [1.82, 2.24) is 4.90 Å². The topological polar surface area (TPSA) is 49.4 Å². The van der Waals surface area contributed by atoms with Gasteiger partial charge in [-0.25, -0.2) is 4.39 Å². The molecular formula is C20H15FN2O2S2. The van der Waals surface area contributed by atoms with Crippen LogP contribution in [0.3, 0.4) is 0 Å². The minimum absolute atomic E-state index is 0.221. The number of thioether (sulfide) groups is 1. The molecule has 0 unspecified atom stereocenters.